The number of hydrogen-bond donors (Lipinski definition) is 3. The number of aryl methyl sites for hydroxylation is 1. The summed E-state index contributed by atoms with van der Waals surface area (Å²) >= 11 is 0. The van der Waals surface area contributed by atoms with Crippen LogP contribution in [0.2, 0.25) is 0 Å². The molecule has 5 N–H and O–H groups in total. The van der Waals surface area contributed by atoms with Crippen LogP contribution < -0.4 is 11.5 Å². The van der Waals surface area contributed by atoms with Crippen LogP contribution in [0.15, 0.2) is 148 Å². The summed E-state index contributed by atoms with van der Waals surface area (Å²) in [4.78, 5) is 0. The third-order valence-corrected chi connectivity index (χ3v) is 7.49. The van der Waals surface area contributed by atoms with Gasteiger partial charge < -0.3 is 20.3 Å². The van der Waals surface area contributed by atoms with Gasteiger partial charge in [0.05, 0.1) is 0 Å². The van der Waals surface area contributed by atoms with Gasteiger partial charge in [0, 0.05) is 33.7 Å². The van der Waals surface area contributed by atoms with Crippen LogP contribution >= 0.6 is 0 Å². The van der Waals surface area contributed by atoms with Gasteiger partial charge in [-0.15, -0.1) is 0 Å². The second kappa shape index (κ2) is 12.7. The number of nitrogens with two attached hydrogens (primary N) is 2. The third-order valence-electron chi connectivity index (χ3n) is 7.49. The molecule has 44 heavy (non-hydrogen) atoms. The summed E-state index contributed by atoms with van der Waals surface area (Å²) in [7, 11) is 0. The number of furan rings is 2. The van der Waals surface area contributed by atoms with Gasteiger partial charge in [0.25, 0.3) is 0 Å². The topological polar surface area (TPSA) is 102 Å². The Labute approximate surface area is 255 Å². The van der Waals surface area contributed by atoms with Crippen LogP contribution in [-0.4, -0.2) is 5.84 Å². The van der Waals surface area contributed by atoms with E-state index in [1.54, 1.807) is 0 Å². The van der Waals surface area contributed by atoms with E-state index in [1.165, 1.54) is 16.3 Å². The van der Waals surface area contributed by atoms with Crippen LogP contribution in [0.5, 0.6) is 0 Å². The maximum absolute atomic E-state index is 7.37. The number of fused-ring (bicyclic) bond motifs is 6. The lowest BCUT2D eigenvalue weighted by Gasteiger charge is -2.03. The predicted molar refractivity (Wildman–Crippen MR) is 183 cm³/mol. The highest BCUT2D eigenvalue weighted by atomic mass is 16.3. The number of rotatable bonds is 3. The van der Waals surface area contributed by atoms with Crippen molar-refractivity contribution in [2.24, 2.45) is 11.5 Å². The molecule has 2 heterocycles. The Morgan fingerprint density at radius 1 is 0.545 bits per heavy atom. The molecule has 2 aromatic heterocycles. The standard InChI is InChI=1S/C13H12N2.C13H11NO.C13H10O/c14-13(15)12-8-4-7-11(9-12)10-5-2-1-3-6-10;14-8-9-5-6-13-11(7-9)10-3-1-2-4-12(10)15-13;1-9-6-7-13-11(8-9)10-4-2-3-5-12(10)14-13/h1-9H,(H3,14,15);1-7H,8,14H2;2-8H,1H3. The fourth-order valence-electron chi connectivity index (χ4n) is 5.24. The molecule has 0 bridgehead atoms. The minimum Gasteiger partial charge on any atom is -0.456 e. The first-order valence-electron chi connectivity index (χ1n) is 14.5. The normalized spacial score (nSPS) is 10.8. The van der Waals surface area contributed by atoms with Gasteiger partial charge >= 0.3 is 0 Å². The van der Waals surface area contributed by atoms with E-state index in [0.717, 1.165) is 55.4 Å². The highest BCUT2D eigenvalue weighted by Crippen LogP contribution is 2.30. The zero-order chi connectivity index (χ0) is 30.5. The Balaban J connectivity index is 0.000000117. The SMILES string of the molecule is Cc1ccc2oc3ccccc3c2c1.N=C(N)c1cccc(-c2ccccc2)c1.NCc1ccc2oc3ccccc3c2c1. The summed E-state index contributed by atoms with van der Waals surface area (Å²) < 4.78 is 11.4. The summed E-state index contributed by atoms with van der Waals surface area (Å²) in [6.07, 6.45) is 0. The Morgan fingerprint density at radius 2 is 1.09 bits per heavy atom. The molecule has 0 radical (unpaired) electrons. The molecule has 0 saturated carbocycles. The van der Waals surface area contributed by atoms with Crippen LogP contribution in [0.4, 0.5) is 0 Å². The number of amidine groups is 1. The smallest absolute Gasteiger partial charge is 0.135 e. The maximum Gasteiger partial charge on any atom is 0.135 e. The lowest BCUT2D eigenvalue weighted by atomic mass is 10.0. The van der Waals surface area contributed by atoms with Gasteiger partial charge in [0.15, 0.2) is 0 Å². The quantitative estimate of drug-likeness (QED) is 0.144. The maximum atomic E-state index is 7.37. The Hall–Kier alpha value is -5.65. The number of para-hydroxylation sites is 2. The summed E-state index contributed by atoms with van der Waals surface area (Å²) in [5.41, 5.74) is 20.2. The van der Waals surface area contributed by atoms with Gasteiger partial charge in [-0.2, -0.15) is 0 Å². The molecular formula is C39H33N3O2. The third kappa shape index (κ3) is 6.09. The number of benzene rings is 6. The Kier molecular flexibility index (Phi) is 8.21. The van der Waals surface area contributed by atoms with E-state index in [-0.39, 0.29) is 5.84 Å². The van der Waals surface area contributed by atoms with Crippen LogP contribution in [0, 0.1) is 12.3 Å². The lowest BCUT2D eigenvalue weighted by molar-refractivity contribution is 0.668. The first kappa shape index (κ1) is 28.5. The largest absolute Gasteiger partial charge is 0.456 e. The molecule has 0 aliphatic heterocycles. The van der Waals surface area contributed by atoms with Crippen LogP contribution in [0.25, 0.3) is 55.0 Å². The molecule has 8 rings (SSSR count). The van der Waals surface area contributed by atoms with Crippen molar-refractivity contribution >= 4 is 49.7 Å². The molecule has 5 heteroatoms. The highest BCUT2D eigenvalue weighted by molar-refractivity contribution is 6.05. The number of hydrogen-bond acceptors (Lipinski definition) is 4. The molecule has 0 fully saturated rings. The van der Waals surface area contributed by atoms with E-state index in [4.69, 9.17) is 25.7 Å². The monoisotopic (exact) mass is 575 g/mol. The van der Waals surface area contributed by atoms with E-state index in [1.807, 2.05) is 109 Å². The first-order valence-corrected chi connectivity index (χ1v) is 14.5. The van der Waals surface area contributed by atoms with Crippen molar-refractivity contribution < 1.29 is 8.83 Å². The van der Waals surface area contributed by atoms with Gasteiger partial charge in [0.2, 0.25) is 0 Å². The zero-order valence-electron chi connectivity index (χ0n) is 24.5. The van der Waals surface area contributed by atoms with Crippen LogP contribution in [0.1, 0.15) is 16.7 Å². The minimum atomic E-state index is 0.104. The van der Waals surface area contributed by atoms with E-state index in [0.29, 0.717) is 6.54 Å². The minimum absolute atomic E-state index is 0.104. The molecule has 0 spiro atoms. The van der Waals surface area contributed by atoms with Crippen molar-refractivity contribution in [3.05, 3.63) is 156 Å². The molecule has 0 unspecified atom stereocenters. The van der Waals surface area contributed by atoms with Gasteiger partial charge in [-0.05, 0) is 66.1 Å². The average Bonchev–Trinajstić information content (AvgIpc) is 3.63. The van der Waals surface area contributed by atoms with Crippen LogP contribution in [-0.2, 0) is 6.54 Å². The van der Waals surface area contributed by atoms with Crippen molar-refractivity contribution in [3.63, 3.8) is 0 Å². The fourth-order valence-corrected chi connectivity index (χ4v) is 5.24. The van der Waals surface area contributed by atoms with Crippen molar-refractivity contribution in [2.45, 2.75) is 13.5 Å². The summed E-state index contributed by atoms with van der Waals surface area (Å²) in [6.45, 7) is 2.66. The van der Waals surface area contributed by atoms with Gasteiger partial charge in [-0.3, -0.25) is 5.41 Å². The lowest BCUT2D eigenvalue weighted by Crippen LogP contribution is -2.10. The van der Waals surface area contributed by atoms with Crippen molar-refractivity contribution in [1.29, 1.82) is 5.41 Å². The van der Waals surface area contributed by atoms with Crippen molar-refractivity contribution in [2.75, 3.05) is 0 Å². The highest BCUT2D eigenvalue weighted by Gasteiger charge is 2.06. The molecule has 6 aromatic carbocycles. The molecule has 8 aromatic rings. The summed E-state index contributed by atoms with van der Waals surface area (Å²) in [5, 5.41) is 12.1. The predicted octanol–water partition coefficient (Wildman–Crippen LogP) is 9.58. The summed E-state index contributed by atoms with van der Waals surface area (Å²) in [5.74, 6) is 0.104. The molecule has 0 aliphatic rings. The van der Waals surface area contributed by atoms with E-state index < -0.39 is 0 Å². The van der Waals surface area contributed by atoms with Crippen molar-refractivity contribution in [3.8, 4) is 11.1 Å². The molecule has 0 aliphatic carbocycles. The number of nitrogen functional groups attached to an aromatic ring is 1. The van der Waals surface area contributed by atoms with Gasteiger partial charge in [-0.25, -0.2) is 0 Å². The van der Waals surface area contributed by atoms with E-state index in [9.17, 15) is 0 Å². The molecule has 0 amide bonds. The second-order valence-electron chi connectivity index (χ2n) is 10.6. The number of nitrogens with one attached hydrogen (secondary N) is 1. The Morgan fingerprint density at radius 3 is 1.73 bits per heavy atom. The average molecular weight is 576 g/mol. The van der Waals surface area contributed by atoms with Gasteiger partial charge in [-0.1, -0.05) is 103 Å². The molecule has 5 nitrogen and oxygen atoms in total. The second-order valence-corrected chi connectivity index (χ2v) is 10.6. The van der Waals surface area contributed by atoms with E-state index in [2.05, 4.69) is 37.3 Å². The van der Waals surface area contributed by atoms with E-state index >= 15 is 0 Å². The molecular weight excluding hydrogens is 542 g/mol. The van der Waals surface area contributed by atoms with Crippen LogP contribution in [0.3, 0.4) is 0 Å². The Bertz CT molecular complexity index is 2210. The zero-order valence-corrected chi connectivity index (χ0v) is 24.5. The molecule has 0 atom stereocenters. The van der Waals surface area contributed by atoms with Crippen molar-refractivity contribution in [1.82, 2.24) is 0 Å². The molecule has 216 valence electrons. The van der Waals surface area contributed by atoms with Gasteiger partial charge in [0.1, 0.15) is 28.2 Å². The molecule has 0 saturated heterocycles. The summed E-state index contributed by atoms with van der Waals surface area (Å²) in [6, 6.07) is 46.3. The first-order chi connectivity index (χ1) is 21.5. The fraction of sp³-hybridized carbons (Fsp3) is 0.0513.